The van der Waals surface area contributed by atoms with E-state index >= 15 is 0 Å². The van der Waals surface area contributed by atoms with Crippen LogP contribution in [0.3, 0.4) is 0 Å². The van der Waals surface area contributed by atoms with Crippen LogP contribution >= 0.6 is 0 Å². The second kappa shape index (κ2) is 9.30. The minimum atomic E-state index is -0.114. The van der Waals surface area contributed by atoms with Gasteiger partial charge in [0.05, 0.1) is 19.9 Å². The van der Waals surface area contributed by atoms with Crippen LogP contribution in [0.4, 0.5) is 0 Å². The Morgan fingerprint density at radius 3 is 2.52 bits per heavy atom. The topological polar surface area (TPSA) is 81.6 Å². The molecule has 0 N–H and O–H groups in total. The summed E-state index contributed by atoms with van der Waals surface area (Å²) in [7, 11) is 1.59. The van der Waals surface area contributed by atoms with Crippen LogP contribution < -0.4 is 4.74 Å². The summed E-state index contributed by atoms with van der Waals surface area (Å²) in [6, 6.07) is 18.6. The second-order valence-electron chi connectivity index (χ2n) is 7.16. The Morgan fingerprint density at radius 1 is 1.06 bits per heavy atom. The molecule has 0 aliphatic carbocycles. The van der Waals surface area contributed by atoms with E-state index in [-0.39, 0.29) is 5.91 Å². The molecule has 7 heteroatoms. The fraction of sp³-hybridized carbons (Fsp3) is 0.208. The summed E-state index contributed by atoms with van der Waals surface area (Å²) in [4.78, 5) is 19.3. The van der Waals surface area contributed by atoms with Gasteiger partial charge in [-0.2, -0.15) is 4.98 Å². The second-order valence-corrected chi connectivity index (χ2v) is 7.16. The van der Waals surface area contributed by atoms with Crippen molar-refractivity contribution >= 4 is 5.91 Å². The number of amides is 1. The van der Waals surface area contributed by atoms with E-state index in [2.05, 4.69) is 10.1 Å². The number of carbonyl (C=O) groups is 1. The van der Waals surface area contributed by atoms with Crippen LogP contribution in [-0.2, 0) is 13.0 Å². The Labute approximate surface area is 180 Å². The summed E-state index contributed by atoms with van der Waals surface area (Å²) < 4.78 is 16.0. The molecule has 0 aliphatic rings. The molecule has 0 radical (unpaired) electrons. The van der Waals surface area contributed by atoms with Crippen LogP contribution in [-0.4, -0.2) is 34.6 Å². The van der Waals surface area contributed by atoms with Crippen molar-refractivity contribution in [1.82, 2.24) is 15.0 Å². The molecule has 1 amide bonds. The number of methoxy groups -OCH3 is 1. The van der Waals surface area contributed by atoms with Gasteiger partial charge in [-0.25, -0.2) is 0 Å². The number of benzene rings is 2. The van der Waals surface area contributed by atoms with E-state index in [9.17, 15) is 4.79 Å². The highest BCUT2D eigenvalue weighted by Gasteiger charge is 2.19. The Morgan fingerprint density at radius 2 is 1.84 bits per heavy atom. The molecule has 0 bridgehead atoms. The van der Waals surface area contributed by atoms with Gasteiger partial charge in [-0.05, 0) is 43.3 Å². The first-order valence-corrected chi connectivity index (χ1v) is 9.98. The summed E-state index contributed by atoms with van der Waals surface area (Å²) in [5, 5.41) is 4.07. The average Bonchev–Trinajstić information content (AvgIpc) is 3.49. The van der Waals surface area contributed by atoms with E-state index in [1.165, 1.54) is 0 Å². The Hall–Kier alpha value is -3.87. The molecule has 0 atom stereocenters. The number of aryl methyl sites for hydroxylation is 1. The normalized spacial score (nSPS) is 10.8. The van der Waals surface area contributed by atoms with Gasteiger partial charge in [-0.1, -0.05) is 35.0 Å². The zero-order valence-electron chi connectivity index (χ0n) is 17.4. The molecule has 0 spiro atoms. The number of furan rings is 1. The number of carbonyl (C=O) groups excluding carboxylic acids is 1. The van der Waals surface area contributed by atoms with E-state index in [0.29, 0.717) is 48.3 Å². The Bertz CT molecular complexity index is 1120. The summed E-state index contributed by atoms with van der Waals surface area (Å²) in [5.41, 5.74) is 2.62. The fourth-order valence-corrected chi connectivity index (χ4v) is 3.17. The van der Waals surface area contributed by atoms with Gasteiger partial charge in [0, 0.05) is 24.1 Å². The SMILES string of the molecule is COc1ccc(C(=O)N(CCc2nc(-c3ccc(C)cc3)no2)Cc2ccco2)cc1. The van der Waals surface area contributed by atoms with Crippen molar-refractivity contribution in [2.24, 2.45) is 0 Å². The molecule has 0 saturated carbocycles. The van der Waals surface area contributed by atoms with Gasteiger partial charge >= 0.3 is 0 Å². The highest BCUT2D eigenvalue weighted by atomic mass is 16.5. The van der Waals surface area contributed by atoms with Gasteiger partial charge in [-0.3, -0.25) is 4.79 Å². The maximum atomic E-state index is 13.1. The van der Waals surface area contributed by atoms with Gasteiger partial charge in [0.15, 0.2) is 0 Å². The van der Waals surface area contributed by atoms with Gasteiger partial charge in [-0.15, -0.1) is 0 Å². The monoisotopic (exact) mass is 417 g/mol. The molecular weight excluding hydrogens is 394 g/mol. The highest BCUT2D eigenvalue weighted by molar-refractivity contribution is 5.94. The predicted octanol–water partition coefficient (Wildman–Crippen LogP) is 4.53. The van der Waals surface area contributed by atoms with Crippen LogP contribution in [0, 0.1) is 6.92 Å². The first-order chi connectivity index (χ1) is 15.1. The van der Waals surface area contributed by atoms with E-state index in [1.807, 2.05) is 37.3 Å². The van der Waals surface area contributed by atoms with Crippen molar-refractivity contribution in [3.63, 3.8) is 0 Å². The lowest BCUT2D eigenvalue weighted by Crippen LogP contribution is -2.32. The molecule has 0 aliphatic heterocycles. The van der Waals surface area contributed by atoms with Crippen LogP contribution in [0.25, 0.3) is 11.4 Å². The number of rotatable bonds is 8. The molecule has 4 aromatic rings. The van der Waals surface area contributed by atoms with Crippen molar-refractivity contribution in [3.8, 4) is 17.1 Å². The van der Waals surface area contributed by atoms with Crippen LogP contribution in [0.15, 0.2) is 75.9 Å². The minimum Gasteiger partial charge on any atom is -0.497 e. The maximum Gasteiger partial charge on any atom is 0.254 e. The summed E-state index contributed by atoms with van der Waals surface area (Å²) >= 11 is 0. The quantitative estimate of drug-likeness (QED) is 0.419. The van der Waals surface area contributed by atoms with Crippen molar-refractivity contribution in [2.45, 2.75) is 19.9 Å². The van der Waals surface area contributed by atoms with E-state index < -0.39 is 0 Å². The standard InChI is InChI=1S/C24H23N3O4/c1-17-5-7-18(8-6-17)23-25-22(31-26-23)13-14-27(16-21-4-3-15-30-21)24(28)19-9-11-20(29-2)12-10-19/h3-12,15H,13-14,16H2,1-2H3. The summed E-state index contributed by atoms with van der Waals surface area (Å²) in [6.07, 6.45) is 2.03. The highest BCUT2D eigenvalue weighted by Crippen LogP contribution is 2.18. The molecule has 2 heterocycles. The van der Waals surface area contributed by atoms with Gasteiger partial charge in [0.25, 0.3) is 5.91 Å². The number of ether oxygens (including phenoxy) is 1. The van der Waals surface area contributed by atoms with E-state index in [0.717, 1.165) is 11.1 Å². The molecule has 2 aromatic carbocycles. The van der Waals surface area contributed by atoms with Gasteiger partial charge in [0.1, 0.15) is 11.5 Å². The number of aromatic nitrogens is 2. The zero-order chi connectivity index (χ0) is 21.6. The van der Waals surface area contributed by atoms with Crippen LogP contribution in [0.1, 0.15) is 27.6 Å². The molecule has 7 nitrogen and oxygen atoms in total. The van der Waals surface area contributed by atoms with Gasteiger partial charge in [0.2, 0.25) is 11.7 Å². The van der Waals surface area contributed by atoms with Crippen molar-refractivity contribution in [3.05, 3.63) is 89.7 Å². The molecule has 31 heavy (non-hydrogen) atoms. The first-order valence-electron chi connectivity index (χ1n) is 9.98. The van der Waals surface area contributed by atoms with E-state index in [1.54, 1.807) is 48.6 Å². The summed E-state index contributed by atoms with van der Waals surface area (Å²) in [6.45, 7) is 2.77. The minimum absolute atomic E-state index is 0.114. The van der Waals surface area contributed by atoms with Crippen LogP contribution in [0.5, 0.6) is 5.75 Å². The van der Waals surface area contributed by atoms with Gasteiger partial charge < -0.3 is 18.6 Å². The van der Waals surface area contributed by atoms with Crippen molar-refractivity contribution in [2.75, 3.05) is 13.7 Å². The molecule has 2 aromatic heterocycles. The van der Waals surface area contributed by atoms with Crippen LogP contribution in [0.2, 0.25) is 0 Å². The zero-order valence-corrected chi connectivity index (χ0v) is 17.4. The number of nitrogens with zero attached hydrogens (tertiary/aromatic N) is 3. The molecule has 0 fully saturated rings. The third-order valence-corrected chi connectivity index (χ3v) is 4.92. The lowest BCUT2D eigenvalue weighted by atomic mass is 10.1. The predicted molar refractivity (Wildman–Crippen MR) is 115 cm³/mol. The lowest BCUT2D eigenvalue weighted by Gasteiger charge is -2.21. The van der Waals surface area contributed by atoms with E-state index in [4.69, 9.17) is 13.7 Å². The Balaban J connectivity index is 1.48. The maximum absolute atomic E-state index is 13.1. The molecule has 158 valence electrons. The lowest BCUT2D eigenvalue weighted by molar-refractivity contribution is 0.0730. The number of hydrogen-bond acceptors (Lipinski definition) is 6. The third kappa shape index (κ3) is 5.01. The smallest absolute Gasteiger partial charge is 0.254 e. The average molecular weight is 417 g/mol. The molecule has 0 unspecified atom stereocenters. The molecular formula is C24H23N3O4. The molecule has 4 rings (SSSR count). The third-order valence-electron chi connectivity index (χ3n) is 4.92. The Kier molecular flexibility index (Phi) is 6.12. The first kappa shape index (κ1) is 20.4. The summed E-state index contributed by atoms with van der Waals surface area (Å²) in [5.74, 6) is 2.30. The fourth-order valence-electron chi connectivity index (χ4n) is 3.17. The van der Waals surface area contributed by atoms with Crippen molar-refractivity contribution in [1.29, 1.82) is 0 Å². The number of hydrogen-bond donors (Lipinski definition) is 0. The molecule has 0 saturated heterocycles. The van der Waals surface area contributed by atoms with Crippen molar-refractivity contribution < 1.29 is 18.5 Å². The largest absolute Gasteiger partial charge is 0.497 e.